The molecule has 0 saturated heterocycles. The molecule has 2 rings (SSSR count). The summed E-state index contributed by atoms with van der Waals surface area (Å²) in [5, 5.41) is 9.04. The fourth-order valence-corrected chi connectivity index (χ4v) is 3.06. The van der Waals surface area contributed by atoms with Crippen molar-refractivity contribution in [1.29, 1.82) is 0 Å². The molecule has 0 bridgehead atoms. The summed E-state index contributed by atoms with van der Waals surface area (Å²) in [4.78, 5) is 11.3. The Hall–Kier alpha value is -1.54. The van der Waals surface area contributed by atoms with Crippen LogP contribution in [0.5, 0.6) is 5.75 Å². The summed E-state index contributed by atoms with van der Waals surface area (Å²) in [6, 6.07) is 7.62. The lowest BCUT2D eigenvalue weighted by molar-refractivity contribution is -0.137. The molecule has 0 spiro atoms. The summed E-state index contributed by atoms with van der Waals surface area (Å²) >= 11 is 4.70. The van der Waals surface area contributed by atoms with Gasteiger partial charge in [-0.1, -0.05) is 27.7 Å². The largest absolute Gasteiger partial charge is 0.483 e. The summed E-state index contributed by atoms with van der Waals surface area (Å²) in [6.45, 7) is 4.62. The zero-order valence-electron chi connectivity index (χ0n) is 13.2. The molecule has 1 heterocycles. The average molecular weight is 400 g/mol. The number of carbonyl (C=O) groups is 1. The summed E-state index contributed by atoms with van der Waals surface area (Å²) in [7, 11) is 1.37. The molecule has 6 nitrogen and oxygen atoms in total. The van der Waals surface area contributed by atoms with Gasteiger partial charge in [0.1, 0.15) is 5.75 Å². The van der Waals surface area contributed by atoms with Crippen LogP contribution >= 0.6 is 27.7 Å². The number of esters is 1. The molecule has 0 aliphatic rings. The van der Waals surface area contributed by atoms with Gasteiger partial charge >= 0.3 is 5.97 Å². The maximum Gasteiger partial charge on any atom is 0.316 e. The van der Waals surface area contributed by atoms with Gasteiger partial charge in [0, 0.05) is 11.0 Å². The third-order valence-electron chi connectivity index (χ3n) is 3.10. The van der Waals surface area contributed by atoms with E-state index >= 15 is 0 Å². The topological polar surface area (TPSA) is 66.2 Å². The highest BCUT2D eigenvalue weighted by Gasteiger charge is 2.19. The molecule has 0 radical (unpaired) electrons. The molecule has 0 amide bonds. The molecule has 1 atom stereocenters. The minimum absolute atomic E-state index is 0.205. The Bertz CT molecular complexity index is 660. The van der Waals surface area contributed by atoms with Crippen LogP contribution in [0.1, 0.15) is 25.8 Å². The predicted molar refractivity (Wildman–Crippen MR) is 91.6 cm³/mol. The van der Waals surface area contributed by atoms with Crippen LogP contribution < -0.4 is 4.74 Å². The quantitative estimate of drug-likeness (QED) is 0.524. The second-order valence-electron chi connectivity index (χ2n) is 4.66. The second kappa shape index (κ2) is 8.35. The maximum absolute atomic E-state index is 11.3. The predicted octanol–water partition coefficient (Wildman–Crippen LogP) is 3.47. The van der Waals surface area contributed by atoms with Crippen molar-refractivity contribution in [2.45, 2.75) is 31.7 Å². The van der Waals surface area contributed by atoms with Gasteiger partial charge in [-0.3, -0.25) is 4.79 Å². The van der Waals surface area contributed by atoms with E-state index in [1.54, 1.807) is 0 Å². The van der Waals surface area contributed by atoms with Gasteiger partial charge in [-0.15, -0.1) is 10.2 Å². The standard InChI is InChI=1S/C15H18BrN3O3S/c1-4-19-14(17-18-15(19)23-9-13(20)21-3)10(2)22-12-7-5-11(16)6-8-12/h5-8,10H,4,9H2,1-3H3. The minimum atomic E-state index is -0.290. The van der Waals surface area contributed by atoms with Crippen LogP contribution in [0.25, 0.3) is 0 Å². The lowest BCUT2D eigenvalue weighted by Crippen LogP contribution is -2.12. The first-order chi connectivity index (χ1) is 11.0. The van der Waals surface area contributed by atoms with E-state index in [0.29, 0.717) is 11.7 Å². The molecular weight excluding hydrogens is 382 g/mol. The molecule has 0 saturated carbocycles. The van der Waals surface area contributed by atoms with Crippen LogP contribution in [0, 0.1) is 0 Å². The number of hydrogen-bond acceptors (Lipinski definition) is 6. The van der Waals surface area contributed by atoms with Crippen LogP contribution in [0.15, 0.2) is 33.9 Å². The van der Waals surface area contributed by atoms with Crippen molar-refractivity contribution in [2.75, 3.05) is 12.9 Å². The first-order valence-corrected chi connectivity index (χ1v) is 8.88. The Morgan fingerprint density at radius 1 is 1.35 bits per heavy atom. The maximum atomic E-state index is 11.3. The average Bonchev–Trinajstić information content (AvgIpc) is 2.97. The molecular formula is C15H18BrN3O3S. The van der Waals surface area contributed by atoms with Crippen molar-refractivity contribution in [3.05, 3.63) is 34.6 Å². The Labute approximate surface area is 147 Å². The summed E-state index contributed by atoms with van der Waals surface area (Å²) in [6.07, 6.45) is -0.254. The van der Waals surface area contributed by atoms with Gasteiger partial charge in [0.25, 0.3) is 0 Å². The molecule has 124 valence electrons. The first-order valence-electron chi connectivity index (χ1n) is 7.10. The van der Waals surface area contributed by atoms with E-state index in [9.17, 15) is 4.79 Å². The zero-order valence-corrected chi connectivity index (χ0v) is 15.6. The van der Waals surface area contributed by atoms with E-state index in [-0.39, 0.29) is 17.8 Å². The lowest BCUT2D eigenvalue weighted by atomic mass is 10.3. The molecule has 23 heavy (non-hydrogen) atoms. The van der Waals surface area contributed by atoms with E-state index in [4.69, 9.17) is 4.74 Å². The molecule has 1 aromatic heterocycles. The number of carbonyl (C=O) groups excluding carboxylic acids is 1. The summed E-state index contributed by atoms with van der Waals surface area (Å²) in [5.74, 6) is 1.40. The van der Waals surface area contributed by atoms with Crippen LogP contribution in [0.3, 0.4) is 0 Å². The Balaban J connectivity index is 2.10. The van der Waals surface area contributed by atoms with Crippen LogP contribution in [0.4, 0.5) is 0 Å². The molecule has 2 aromatic rings. The normalized spacial score (nSPS) is 12.0. The van der Waals surface area contributed by atoms with Gasteiger partial charge in [0.2, 0.25) is 0 Å². The zero-order chi connectivity index (χ0) is 16.8. The Morgan fingerprint density at radius 2 is 2.04 bits per heavy atom. The monoisotopic (exact) mass is 399 g/mol. The highest BCUT2D eigenvalue weighted by molar-refractivity contribution is 9.10. The third-order valence-corrected chi connectivity index (χ3v) is 4.57. The molecule has 1 unspecified atom stereocenters. The Morgan fingerprint density at radius 3 is 2.65 bits per heavy atom. The smallest absolute Gasteiger partial charge is 0.316 e. The van der Waals surface area contributed by atoms with Crippen molar-refractivity contribution < 1.29 is 14.3 Å². The third kappa shape index (κ3) is 4.71. The molecule has 0 fully saturated rings. The number of nitrogens with zero attached hydrogens (tertiary/aromatic N) is 3. The summed E-state index contributed by atoms with van der Waals surface area (Å²) < 4.78 is 13.5. The lowest BCUT2D eigenvalue weighted by Gasteiger charge is -2.15. The van der Waals surface area contributed by atoms with E-state index in [0.717, 1.165) is 16.0 Å². The highest BCUT2D eigenvalue weighted by Crippen LogP contribution is 2.25. The van der Waals surface area contributed by atoms with Gasteiger partial charge < -0.3 is 14.0 Å². The molecule has 0 aliphatic carbocycles. The number of benzene rings is 1. The van der Waals surface area contributed by atoms with Crippen molar-refractivity contribution >= 4 is 33.7 Å². The van der Waals surface area contributed by atoms with Crippen LogP contribution in [-0.2, 0) is 16.1 Å². The minimum Gasteiger partial charge on any atom is -0.483 e. The molecule has 0 N–H and O–H groups in total. The van der Waals surface area contributed by atoms with E-state index < -0.39 is 0 Å². The van der Waals surface area contributed by atoms with Gasteiger partial charge in [-0.05, 0) is 38.1 Å². The molecule has 8 heteroatoms. The van der Waals surface area contributed by atoms with Gasteiger partial charge in [-0.25, -0.2) is 0 Å². The van der Waals surface area contributed by atoms with E-state index in [1.807, 2.05) is 42.7 Å². The highest BCUT2D eigenvalue weighted by atomic mass is 79.9. The van der Waals surface area contributed by atoms with Crippen LogP contribution in [0.2, 0.25) is 0 Å². The molecule has 0 aliphatic heterocycles. The number of methoxy groups -OCH3 is 1. The first kappa shape index (κ1) is 17.8. The van der Waals surface area contributed by atoms with Gasteiger partial charge in [0.15, 0.2) is 17.1 Å². The van der Waals surface area contributed by atoms with Crippen molar-refractivity contribution in [1.82, 2.24) is 14.8 Å². The number of ether oxygens (including phenoxy) is 2. The van der Waals surface area contributed by atoms with Crippen molar-refractivity contribution in [2.24, 2.45) is 0 Å². The Kier molecular flexibility index (Phi) is 6.47. The van der Waals surface area contributed by atoms with Gasteiger partial charge in [-0.2, -0.15) is 0 Å². The van der Waals surface area contributed by atoms with E-state index in [1.165, 1.54) is 18.9 Å². The number of rotatable bonds is 7. The van der Waals surface area contributed by atoms with Crippen molar-refractivity contribution in [3.8, 4) is 5.75 Å². The molecule has 1 aromatic carbocycles. The van der Waals surface area contributed by atoms with Crippen LogP contribution in [-0.4, -0.2) is 33.6 Å². The number of thioether (sulfide) groups is 1. The summed E-state index contributed by atoms with van der Waals surface area (Å²) in [5.41, 5.74) is 0. The SMILES string of the molecule is CCn1c(SCC(=O)OC)nnc1C(C)Oc1ccc(Br)cc1. The number of halogens is 1. The fraction of sp³-hybridized carbons (Fsp3) is 0.400. The number of hydrogen-bond donors (Lipinski definition) is 0. The number of aromatic nitrogens is 3. The van der Waals surface area contributed by atoms with Crippen molar-refractivity contribution in [3.63, 3.8) is 0 Å². The van der Waals surface area contributed by atoms with Gasteiger partial charge in [0.05, 0.1) is 12.9 Å². The second-order valence-corrected chi connectivity index (χ2v) is 6.52. The fourth-order valence-electron chi connectivity index (χ4n) is 1.96. The van der Waals surface area contributed by atoms with E-state index in [2.05, 4.69) is 30.9 Å².